The number of hydrogen-bond acceptors (Lipinski definition) is 4. The predicted octanol–water partition coefficient (Wildman–Crippen LogP) is 1.77. The molecule has 0 spiro atoms. The molecule has 0 radical (unpaired) electrons. The van der Waals surface area contributed by atoms with E-state index in [1.807, 2.05) is 43.1 Å². The van der Waals surface area contributed by atoms with Crippen LogP contribution in [0, 0.1) is 0 Å². The Morgan fingerprint density at radius 3 is 2.95 bits per heavy atom. The van der Waals surface area contributed by atoms with Crippen molar-refractivity contribution in [3.63, 3.8) is 0 Å². The van der Waals surface area contributed by atoms with Crippen molar-refractivity contribution in [2.45, 2.75) is 19.9 Å². The van der Waals surface area contributed by atoms with E-state index in [0.717, 1.165) is 35.1 Å². The average molecular weight is 286 g/mol. The molecule has 0 aliphatic rings. The molecule has 0 bridgehead atoms. The van der Waals surface area contributed by atoms with Crippen molar-refractivity contribution >= 4 is 22.5 Å². The fourth-order valence-corrected chi connectivity index (χ4v) is 2.29. The summed E-state index contributed by atoms with van der Waals surface area (Å²) in [6.45, 7) is 3.79. The minimum absolute atomic E-state index is 0.0482. The molecule has 0 saturated carbocycles. The lowest BCUT2D eigenvalue weighted by atomic mass is 10.1. The summed E-state index contributed by atoms with van der Waals surface area (Å²) in [5.41, 5.74) is 8.68. The smallest absolute Gasteiger partial charge is 0.234 e. The van der Waals surface area contributed by atoms with Crippen LogP contribution in [0.15, 0.2) is 30.5 Å². The molecule has 1 amide bonds. The van der Waals surface area contributed by atoms with E-state index < -0.39 is 0 Å². The zero-order chi connectivity index (χ0) is 15.2. The van der Waals surface area contributed by atoms with Gasteiger partial charge in [0.1, 0.15) is 0 Å². The lowest BCUT2D eigenvalue weighted by Crippen LogP contribution is -2.35. The van der Waals surface area contributed by atoms with E-state index in [4.69, 9.17) is 5.73 Å². The minimum Gasteiger partial charge on any atom is -0.398 e. The molecule has 112 valence electrons. The minimum atomic E-state index is 0.0482. The van der Waals surface area contributed by atoms with Gasteiger partial charge in [-0.3, -0.25) is 14.7 Å². The fraction of sp³-hybridized carbons (Fsp3) is 0.375. The number of anilines is 1. The summed E-state index contributed by atoms with van der Waals surface area (Å²) in [6.07, 6.45) is 2.71. The molecule has 0 unspecified atom stereocenters. The third kappa shape index (κ3) is 3.92. The number of amides is 1. The number of carbonyl (C=O) groups excluding carboxylic acids is 1. The molecular formula is C16H22N4O. The Morgan fingerprint density at radius 2 is 2.19 bits per heavy atom. The van der Waals surface area contributed by atoms with E-state index in [9.17, 15) is 4.79 Å². The van der Waals surface area contributed by atoms with Crippen LogP contribution in [0.5, 0.6) is 0 Å². The second-order valence-corrected chi connectivity index (χ2v) is 5.24. The molecule has 5 nitrogen and oxygen atoms in total. The highest BCUT2D eigenvalue weighted by atomic mass is 16.2. The number of hydrogen-bond donors (Lipinski definition) is 2. The number of rotatable bonds is 6. The molecule has 0 aliphatic carbocycles. The molecule has 1 aromatic heterocycles. The Hall–Kier alpha value is -2.14. The van der Waals surface area contributed by atoms with Crippen LogP contribution in [0.1, 0.15) is 18.9 Å². The van der Waals surface area contributed by atoms with Crippen molar-refractivity contribution in [1.29, 1.82) is 0 Å². The van der Waals surface area contributed by atoms with Crippen molar-refractivity contribution in [3.05, 3.63) is 36.0 Å². The Balaban J connectivity index is 2.09. The highest BCUT2D eigenvalue weighted by Crippen LogP contribution is 2.23. The molecule has 3 N–H and O–H groups in total. The molecule has 0 fully saturated rings. The Morgan fingerprint density at radius 1 is 1.38 bits per heavy atom. The molecule has 21 heavy (non-hydrogen) atoms. The number of nitrogen functional groups attached to an aromatic ring is 1. The van der Waals surface area contributed by atoms with Gasteiger partial charge in [-0.25, -0.2) is 0 Å². The van der Waals surface area contributed by atoms with Crippen molar-refractivity contribution in [2.24, 2.45) is 0 Å². The molecule has 2 aromatic rings. The van der Waals surface area contributed by atoms with Crippen LogP contribution < -0.4 is 11.1 Å². The van der Waals surface area contributed by atoms with Gasteiger partial charge in [0.15, 0.2) is 0 Å². The maximum Gasteiger partial charge on any atom is 0.234 e. The second kappa shape index (κ2) is 7.04. The SMILES string of the molecule is CCCNC(=O)CN(C)Cc1ccc(N)c2cccnc12. The standard InChI is InChI=1S/C16H22N4O/c1-3-8-18-15(21)11-20(2)10-12-6-7-14(17)13-5-4-9-19-16(12)13/h4-7,9H,3,8,10-11,17H2,1-2H3,(H,18,21). The number of nitrogens with zero attached hydrogens (tertiary/aromatic N) is 2. The summed E-state index contributed by atoms with van der Waals surface area (Å²) in [5, 5.41) is 3.84. The highest BCUT2D eigenvalue weighted by molar-refractivity contribution is 5.92. The van der Waals surface area contributed by atoms with Crippen LogP contribution in [0.3, 0.4) is 0 Å². The van der Waals surface area contributed by atoms with Gasteiger partial charge in [0.2, 0.25) is 5.91 Å². The number of fused-ring (bicyclic) bond motifs is 1. The molecular weight excluding hydrogens is 264 g/mol. The zero-order valence-electron chi connectivity index (χ0n) is 12.6. The van der Waals surface area contributed by atoms with Crippen molar-refractivity contribution < 1.29 is 4.79 Å². The van der Waals surface area contributed by atoms with Gasteiger partial charge in [-0.1, -0.05) is 13.0 Å². The quantitative estimate of drug-likeness (QED) is 0.794. The van der Waals surface area contributed by atoms with Crippen LogP contribution in [0.4, 0.5) is 5.69 Å². The van der Waals surface area contributed by atoms with Gasteiger partial charge in [-0.15, -0.1) is 0 Å². The first-order valence-corrected chi connectivity index (χ1v) is 7.19. The number of nitrogens with two attached hydrogens (primary N) is 1. The third-order valence-electron chi connectivity index (χ3n) is 3.31. The Bertz CT molecular complexity index is 627. The molecule has 0 atom stereocenters. The van der Waals surface area contributed by atoms with Gasteiger partial charge < -0.3 is 11.1 Å². The maximum atomic E-state index is 11.7. The highest BCUT2D eigenvalue weighted by Gasteiger charge is 2.10. The summed E-state index contributed by atoms with van der Waals surface area (Å²) in [7, 11) is 1.93. The summed E-state index contributed by atoms with van der Waals surface area (Å²) in [6, 6.07) is 7.72. The molecule has 0 saturated heterocycles. The van der Waals surface area contributed by atoms with Gasteiger partial charge in [-0.05, 0) is 37.2 Å². The number of benzene rings is 1. The van der Waals surface area contributed by atoms with Gasteiger partial charge in [0, 0.05) is 30.4 Å². The second-order valence-electron chi connectivity index (χ2n) is 5.24. The first kappa shape index (κ1) is 15.3. The van der Waals surface area contributed by atoms with Crippen LogP contribution in [-0.2, 0) is 11.3 Å². The lowest BCUT2D eigenvalue weighted by molar-refractivity contribution is -0.122. The number of likely N-dealkylation sites (N-methyl/N-ethyl adjacent to an activating group) is 1. The molecule has 0 aliphatic heterocycles. The van der Waals surface area contributed by atoms with Gasteiger partial charge >= 0.3 is 0 Å². The van der Waals surface area contributed by atoms with E-state index in [2.05, 4.69) is 10.3 Å². The number of nitrogens with one attached hydrogen (secondary N) is 1. The Kier molecular flexibility index (Phi) is 5.11. The van der Waals surface area contributed by atoms with E-state index in [-0.39, 0.29) is 5.91 Å². The third-order valence-corrected chi connectivity index (χ3v) is 3.31. The molecule has 2 rings (SSSR count). The van der Waals surface area contributed by atoms with Crippen molar-refractivity contribution in [3.8, 4) is 0 Å². The van der Waals surface area contributed by atoms with Gasteiger partial charge in [0.25, 0.3) is 0 Å². The van der Waals surface area contributed by atoms with Crippen LogP contribution in [0.25, 0.3) is 10.9 Å². The van der Waals surface area contributed by atoms with Gasteiger partial charge in [-0.2, -0.15) is 0 Å². The monoisotopic (exact) mass is 286 g/mol. The summed E-state index contributed by atoms with van der Waals surface area (Å²) >= 11 is 0. The molecule has 1 heterocycles. The van der Waals surface area contributed by atoms with E-state index in [0.29, 0.717) is 13.1 Å². The van der Waals surface area contributed by atoms with Crippen LogP contribution in [0.2, 0.25) is 0 Å². The largest absolute Gasteiger partial charge is 0.398 e. The lowest BCUT2D eigenvalue weighted by Gasteiger charge is -2.17. The van der Waals surface area contributed by atoms with E-state index in [1.54, 1.807) is 6.20 Å². The summed E-state index contributed by atoms with van der Waals surface area (Å²) in [5.74, 6) is 0.0482. The average Bonchev–Trinajstić information content (AvgIpc) is 2.48. The Labute approximate surface area is 125 Å². The van der Waals surface area contributed by atoms with Crippen LogP contribution in [-0.4, -0.2) is 35.9 Å². The number of pyridine rings is 1. The number of carbonyl (C=O) groups is 1. The molecule has 1 aromatic carbocycles. The van der Waals surface area contributed by atoms with Crippen molar-refractivity contribution in [2.75, 3.05) is 25.9 Å². The summed E-state index contributed by atoms with van der Waals surface area (Å²) in [4.78, 5) is 18.1. The predicted molar refractivity (Wildman–Crippen MR) is 85.8 cm³/mol. The van der Waals surface area contributed by atoms with Gasteiger partial charge in [0.05, 0.1) is 12.1 Å². The first-order chi connectivity index (χ1) is 10.1. The van der Waals surface area contributed by atoms with E-state index >= 15 is 0 Å². The van der Waals surface area contributed by atoms with E-state index in [1.165, 1.54) is 0 Å². The first-order valence-electron chi connectivity index (χ1n) is 7.19. The summed E-state index contributed by atoms with van der Waals surface area (Å²) < 4.78 is 0. The zero-order valence-corrected chi connectivity index (χ0v) is 12.6. The molecule has 5 heteroatoms. The maximum absolute atomic E-state index is 11.7. The van der Waals surface area contributed by atoms with Crippen LogP contribution >= 0.6 is 0 Å². The fourth-order valence-electron chi connectivity index (χ4n) is 2.29. The van der Waals surface area contributed by atoms with Crippen molar-refractivity contribution in [1.82, 2.24) is 15.2 Å². The topological polar surface area (TPSA) is 71.2 Å². The number of aromatic nitrogens is 1. The normalized spacial score (nSPS) is 11.0.